The lowest BCUT2D eigenvalue weighted by Gasteiger charge is -2.18. The zero-order valence-corrected chi connectivity index (χ0v) is 15.1. The lowest BCUT2D eigenvalue weighted by atomic mass is 10.1. The lowest BCUT2D eigenvalue weighted by Crippen LogP contribution is -2.45. The fourth-order valence-electron chi connectivity index (χ4n) is 3.83. The number of carbonyl (C=O) groups excluding carboxylic acids is 1. The third-order valence-corrected chi connectivity index (χ3v) is 5.09. The van der Waals surface area contributed by atoms with E-state index >= 15 is 0 Å². The van der Waals surface area contributed by atoms with Crippen molar-refractivity contribution in [3.63, 3.8) is 0 Å². The smallest absolute Gasteiger partial charge is 0.246 e. The van der Waals surface area contributed by atoms with E-state index in [-0.39, 0.29) is 43.6 Å². The molecule has 4 atom stereocenters. The molecular formula is C17H19N5O6. The third kappa shape index (κ3) is 2.87. The molecule has 3 aliphatic heterocycles. The van der Waals surface area contributed by atoms with Crippen molar-refractivity contribution in [3.8, 4) is 22.9 Å². The van der Waals surface area contributed by atoms with Gasteiger partial charge in [0.25, 0.3) is 0 Å². The first-order chi connectivity index (χ1) is 13.7. The molecule has 0 saturated carbocycles. The maximum absolute atomic E-state index is 11.8. The Bertz CT molecular complexity index is 889. The number of tetrazole rings is 1. The fraction of sp³-hybridized carbons (Fsp3) is 0.529. The molecule has 1 aromatic heterocycles. The van der Waals surface area contributed by atoms with Gasteiger partial charge in [-0.25, -0.2) is 4.68 Å². The van der Waals surface area contributed by atoms with E-state index in [0.717, 1.165) is 5.56 Å². The van der Waals surface area contributed by atoms with Gasteiger partial charge in [-0.05, 0) is 28.6 Å². The van der Waals surface area contributed by atoms with Crippen LogP contribution in [0.3, 0.4) is 0 Å². The highest BCUT2D eigenvalue weighted by atomic mass is 16.7. The van der Waals surface area contributed by atoms with Crippen LogP contribution in [0.2, 0.25) is 0 Å². The SMILES string of the molecule is COCC(=O)N[C@H]1CO[C@H]2[C@@H]1OC[C@@H]2n1nnnc1-c1ccc2c(c1)OCO2. The second kappa shape index (κ2) is 7.00. The number of carbonyl (C=O) groups is 1. The Balaban J connectivity index is 1.36. The van der Waals surface area contributed by atoms with E-state index < -0.39 is 0 Å². The second-order valence-corrected chi connectivity index (χ2v) is 6.79. The molecule has 2 aromatic rings. The largest absolute Gasteiger partial charge is 0.454 e. The molecule has 3 aliphatic rings. The van der Waals surface area contributed by atoms with Crippen LogP contribution in [-0.2, 0) is 19.0 Å². The van der Waals surface area contributed by atoms with Crippen LogP contribution in [0.4, 0.5) is 0 Å². The van der Waals surface area contributed by atoms with Crippen molar-refractivity contribution in [1.29, 1.82) is 0 Å². The van der Waals surface area contributed by atoms with Gasteiger partial charge in [0.2, 0.25) is 12.7 Å². The Labute approximate surface area is 159 Å². The molecule has 11 heteroatoms. The summed E-state index contributed by atoms with van der Waals surface area (Å²) in [6.45, 7) is 0.948. The number of amides is 1. The van der Waals surface area contributed by atoms with Gasteiger partial charge in [-0.2, -0.15) is 0 Å². The molecule has 0 radical (unpaired) electrons. The van der Waals surface area contributed by atoms with Crippen molar-refractivity contribution in [3.05, 3.63) is 18.2 Å². The molecule has 0 unspecified atom stereocenters. The van der Waals surface area contributed by atoms with E-state index in [9.17, 15) is 4.79 Å². The molecular weight excluding hydrogens is 370 g/mol. The fourth-order valence-corrected chi connectivity index (χ4v) is 3.83. The van der Waals surface area contributed by atoms with Gasteiger partial charge < -0.3 is 29.0 Å². The monoisotopic (exact) mass is 389 g/mol. The number of rotatable bonds is 5. The average Bonchev–Trinajstić information content (AvgIpc) is 3.46. The number of aromatic nitrogens is 4. The molecule has 2 fully saturated rings. The van der Waals surface area contributed by atoms with Crippen molar-refractivity contribution in [2.45, 2.75) is 24.3 Å². The van der Waals surface area contributed by atoms with Crippen LogP contribution in [0.5, 0.6) is 11.5 Å². The van der Waals surface area contributed by atoms with Crippen molar-refractivity contribution >= 4 is 5.91 Å². The summed E-state index contributed by atoms with van der Waals surface area (Å²) < 4.78 is 29.2. The van der Waals surface area contributed by atoms with Gasteiger partial charge in [0.05, 0.1) is 19.3 Å². The van der Waals surface area contributed by atoms with E-state index in [1.807, 2.05) is 18.2 Å². The molecule has 1 aromatic carbocycles. The normalized spacial score (nSPS) is 27.8. The van der Waals surface area contributed by atoms with Crippen LogP contribution in [0, 0.1) is 0 Å². The zero-order valence-electron chi connectivity index (χ0n) is 15.1. The highest BCUT2D eigenvalue weighted by Gasteiger charge is 2.50. The van der Waals surface area contributed by atoms with E-state index in [0.29, 0.717) is 30.5 Å². The molecule has 28 heavy (non-hydrogen) atoms. The lowest BCUT2D eigenvalue weighted by molar-refractivity contribution is -0.126. The van der Waals surface area contributed by atoms with Gasteiger partial charge in [0, 0.05) is 12.7 Å². The standard InChI is InChI=1S/C17H19N5O6/c1-24-7-14(23)18-10-5-25-16-11(6-26-15(10)16)22-17(19-20-21-22)9-2-3-12-13(4-9)28-8-27-12/h2-4,10-11,15-16H,5-8H2,1H3,(H,18,23)/t10-,11-,15+,16+/m0/s1. The summed E-state index contributed by atoms with van der Waals surface area (Å²) in [7, 11) is 1.48. The Kier molecular flexibility index (Phi) is 4.34. The van der Waals surface area contributed by atoms with Gasteiger partial charge in [0.15, 0.2) is 17.3 Å². The minimum atomic E-state index is -0.264. The van der Waals surface area contributed by atoms with Crippen LogP contribution < -0.4 is 14.8 Å². The number of hydrogen-bond acceptors (Lipinski definition) is 9. The first-order valence-corrected chi connectivity index (χ1v) is 8.94. The number of benzene rings is 1. The van der Waals surface area contributed by atoms with Gasteiger partial charge >= 0.3 is 0 Å². The summed E-state index contributed by atoms with van der Waals surface area (Å²) in [5.41, 5.74) is 0.806. The minimum absolute atomic E-state index is 0.00142. The van der Waals surface area contributed by atoms with Crippen molar-refractivity contribution < 1.29 is 28.5 Å². The van der Waals surface area contributed by atoms with Crippen LogP contribution in [0.25, 0.3) is 11.4 Å². The predicted octanol–water partition coefficient (Wildman–Crippen LogP) is -0.461. The topological polar surface area (TPSA) is 119 Å². The number of nitrogens with one attached hydrogen (secondary N) is 1. The summed E-state index contributed by atoms with van der Waals surface area (Å²) >= 11 is 0. The Morgan fingerprint density at radius 3 is 3.00 bits per heavy atom. The highest BCUT2D eigenvalue weighted by Crippen LogP contribution is 2.38. The van der Waals surface area contributed by atoms with Gasteiger partial charge in [-0.3, -0.25) is 4.79 Å². The molecule has 2 saturated heterocycles. The zero-order chi connectivity index (χ0) is 19.1. The summed E-state index contributed by atoms with van der Waals surface area (Å²) in [5, 5.41) is 15.1. The van der Waals surface area contributed by atoms with Crippen molar-refractivity contribution in [1.82, 2.24) is 25.5 Å². The van der Waals surface area contributed by atoms with Crippen LogP contribution in [0.15, 0.2) is 18.2 Å². The molecule has 148 valence electrons. The van der Waals surface area contributed by atoms with Crippen LogP contribution >= 0.6 is 0 Å². The summed E-state index contributed by atoms with van der Waals surface area (Å²) in [6.07, 6.45) is -0.524. The minimum Gasteiger partial charge on any atom is -0.454 e. The van der Waals surface area contributed by atoms with Gasteiger partial charge in [-0.15, -0.1) is 5.10 Å². The third-order valence-electron chi connectivity index (χ3n) is 5.09. The Hall–Kier alpha value is -2.76. The molecule has 0 spiro atoms. The predicted molar refractivity (Wildman–Crippen MR) is 91.7 cm³/mol. The summed E-state index contributed by atoms with van der Waals surface area (Å²) in [6, 6.07) is 5.12. The second-order valence-electron chi connectivity index (χ2n) is 6.79. The van der Waals surface area contributed by atoms with Crippen molar-refractivity contribution in [2.75, 3.05) is 33.7 Å². The summed E-state index contributed by atoms with van der Waals surface area (Å²) in [4.78, 5) is 11.8. The van der Waals surface area contributed by atoms with Gasteiger partial charge in [-0.1, -0.05) is 0 Å². The molecule has 0 aliphatic carbocycles. The number of ether oxygens (including phenoxy) is 5. The number of fused-ring (bicyclic) bond motifs is 2. The Morgan fingerprint density at radius 1 is 1.25 bits per heavy atom. The molecule has 4 heterocycles. The average molecular weight is 389 g/mol. The first kappa shape index (κ1) is 17.3. The number of methoxy groups -OCH3 is 1. The molecule has 1 N–H and O–H groups in total. The van der Waals surface area contributed by atoms with Crippen LogP contribution in [-0.4, -0.2) is 78.1 Å². The number of nitrogens with zero attached hydrogens (tertiary/aromatic N) is 4. The van der Waals surface area contributed by atoms with E-state index in [4.69, 9.17) is 23.7 Å². The quantitative estimate of drug-likeness (QED) is 0.724. The first-order valence-electron chi connectivity index (χ1n) is 8.94. The van der Waals surface area contributed by atoms with Crippen LogP contribution in [0.1, 0.15) is 6.04 Å². The van der Waals surface area contributed by atoms with Crippen molar-refractivity contribution in [2.24, 2.45) is 0 Å². The van der Waals surface area contributed by atoms with E-state index in [1.54, 1.807) is 4.68 Å². The molecule has 5 rings (SSSR count). The summed E-state index contributed by atoms with van der Waals surface area (Å²) in [5.74, 6) is 1.74. The molecule has 11 nitrogen and oxygen atoms in total. The maximum atomic E-state index is 11.8. The number of hydrogen-bond donors (Lipinski definition) is 1. The van der Waals surface area contributed by atoms with E-state index in [2.05, 4.69) is 20.8 Å². The Morgan fingerprint density at radius 2 is 2.11 bits per heavy atom. The molecule has 0 bridgehead atoms. The maximum Gasteiger partial charge on any atom is 0.246 e. The molecule has 1 amide bonds. The van der Waals surface area contributed by atoms with Gasteiger partial charge in [0.1, 0.15) is 24.9 Å². The highest BCUT2D eigenvalue weighted by molar-refractivity contribution is 5.77. The van der Waals surface area contributed by atoms with E-state index in [1.165, 1.54) is 7.11 Å².